The van der Waals surface area contributed by atoms with Crippen LogP contribution >= 0.6 is 11.6 Å². The van der Waals surface area contributed by atoms with Crippen LogP contribution in [0.3, 0.4) is 0 Å². The van der Waals surface area contributed by atoms with Crippen LogP contribution in [0.4, 0.5) is 0 Å². The van der Waals surface area contributed by atoms with Crippen LogP contribution in [0.25, 0.3) is 0 Å². The molecule has 1 aromatic rings. The van der Waals surface area contributed by atoms with Crippen LogP contribution in [0.1, 0.15) is 57.4 Å². The van der Waals surface area contributed by atoms with Gasteiger partial charge in [-0.2, -0.15) is 0 Å². The molecule has 0 heterocycles. The minimum absolute atomic E-state index is 0.512. The quantitative estimate of drug-likeness (QED) is 0.618. The zero-order chi connectivity index (χ0) is 13.9. The lowest BCUT2D eigenvalue weighted by atomic mass is 10.1. The maximum Gasteiger partial charge on any atom is 0.137 e. The Morgan fingerprint density at radius 2 is 1.74 bits per heavy atom. The van der Waals surface area contributed by atoms with E-state index in [1.165, 1.54) is 38.5 Å². The third-order valence-corrected chi connectivity index (χ3v) is 3.53. The molecule has 0 atom stereocenters. The lowest BCUT2D eigenvalue weighted by molar-refractivity contribution is 0.304. The van der Waals surface area contributed by atoms with Gasteiger partial charge in [-0.25, -0.2) is 0 Å². The van der Waals surface area contributed by atoms with Crippen molar-refractivity contribution < 1.29 is 4.74 Å². The molecule has 0 unspecified atom stereocenters. The summed E-state index contributed by atoms with van der Waals surface area (Å²) in [4.78, 5) is 0. The van der Waals surface area contributed by atoms with E-state index in [-0.39, 0.29) is 0 Å². The van der Waals surface area contributed by atoms with Crippen molar-refractivity contribution >= 4 is 11.6 Å². The third kappa shape index (κ3) is 6.84. The summed E-state index contributed by atoms with van der Waals surface area (Å²) in [6.07, 6.45) is 9.02. The highest BCUT2D eigenvalue weighted by Crippen LogP contribution is 2.25. The molecule has 0 saturated heterocycles. The molecule has 0 fully saturated rings. The van der Waals surface area contributed by atoms with Crippen molar-refractivity contribution in [3.05, 3.63) is 28.8 Å². The lowest BCUT2D eigenvalue weighted by Crippen LogP contribution is -2.00. The molecule has 108 valence electrons. The van der Waals surface area contributed by atoms with Gasteiger partial charge < -0.3 is 10.5 Å². The number of hydrogen-bond donors (Lipinski definition) is 1. The van der Waals surface area contributed by atoms with E-state index in [2.05, 4.69) is 6.92 Å². The van der Waals surface area contributed by atoms with Gasteiger partial charge in [0.25, 0.3) is 0 Å². The van der Waals surface area contributed by atoms with Crippen molar-refractivity contribution in [1.82, 2.24) is 0 Å². The number of nitrogens with two attached hydrogens (primary N) is 1. The molecule has 0 bridgehead atoms. The van der Waals surface area contributed by atoms with Gasteiger partial charge in [0.2, 0.25) is 0 Å². The molecular weight excluding hydrogens is 258 g/mol. The maximum atomic E-state index is 6.12. The van der Waals surface area contributed by atoms with Crippen LogP contribution in [0.5, 0.6) is 5.75 Å². The van der Waals surface area contributed by atoms with E-state index in [9.17, 15) is 0 Å². The van der Waals surface area contributed by atoms with Crippen molar-refractivity contribution in [3.63, 3.8) is 0 Å². The third-order valence-electron chi connectivity index (χ3n) is 3.24. The molecule has 1 aromatic carbocycles. The second kappa shape index (κ2) is 10.1. The topological polar surface area (TPSA) is 35.2 Å². The van der Waals surface area contributed by atoms with Gasteiger partial charge in [0.15, 0.2) is 0 Å². The Hall–Kier alpha value is -0.730. The highest BCUT2D eigenvalue weighted by Gasteiger charge is 2.02. The Bertz CT molecular complexity index is 355. The molecule has 0 saturated carbocycles. The van der Waals surface area contributed by atoms with Crippen LogP contribution < -0.4 is 10.5 Å². The minimum Gasteiger partial charge on any atom is -0.492 e. The van der Waals surface area contributed by atoms with E-state index in [1.54, 1.807) is 0 Å². The zero-order valence-electron chi connectivity index (χ0n) is 12.0. The first-order valence-corrected chi connectivity index (χ1v) is 7.77. The molecule has 0 radical (unpaired) electrons. The molecule has 3 heteroatoms. The van der Waals surface area contributed by atoms with E-state index in [4.69, 9.17) is 22.1 Å². The predicted octanol–water partition coefficient (Wildman–Crippen LogP) is 4.93. The number of ether oxygens (including phenoxy) is 1. The largest absolute Gasteiger partial charge is 0.492 e. The summed E-state index contributed by atoms with van der Waals surface area (Å²) in [5.74, 6) is 0.768. The first-order chi connectivity index (χ1) is 9.27. The summed E-state index contributed by atoms with van der Waals surface area (Å²) in [7, 11) is 0. The van der Waals surface area contributed by atoms with Crippen LogP contribution in [-0.2, 0) is 6.54 Å². The van der Waals surface area contributed by atoms with E-state index in [0.29, 0.717) is 11.6 Å². The minimum atomic E-state index is 0.512. The Morgan fingerprint density at radius 1 is 1.05 bits per heavy atom. The summed E-state index contributed by atoms with van der Waals surface area (Å²) in [5.41, 5.74) is 6.59. The molecule has 19 heavy (non-hydrogen) atoms. The van der Waals surface area contributed by atoms with Crippen molar-refractivity contribution in [1.29, 1.82) is 0 Å². The van der Waals surface area contributed by atoms with Gasteiger partial charge in [0.1, 0.15) is 5.75 Å². The zero-order valence-corrected chi connectivity index (χ0v) is 12.7. The molecular formula is C16H26ClNO. The fourth-order valence-corrected chi connectivity index (χ4v) is 2.29. The summed E-state index contributed by atoms with van der Waals surface area (Å²) in [5, 5.41) is 0.658. The van der Waals surface area contributed by atoms with Crippen molar-refractivity contribution in [2.24, 2.45) is 5.73 Å². The molecule has 0 aliphatic heterocycles. The fraction of sp³-hybridized carbons (Fsp3) is 0.625. The number of benzene rings is 1. The normalized spacial score (nSPS) is 10.7. The molecule has 1 rings (SSSR count). The predicted molar refractivity (Wildman–Crippen MR) is 82.8 cm³/mol. The van der Waals surface area contributed by atoms with E-state index in [1.807, 2.05) is 18.2 Å². The number of hydrogen-bond acceptors (Lipinski definition) is 2. The van der Waals surface area contributed by atoms with Crippen LogP contribution in [0.2, 0.25) is 5.02 Å². The first-order valence-electron chi connectivity index (χ1n) is 7.39. The molecule has 0 aliphatic rings. The van der Waals surface area contributed by atoms with Gasteiger partial charge in [-0.1, -0.05) is 63.1 Å². The Labute approximate surface area is 122 Å². The number of halogens is 1. The molecule has 2 N–H and O–H groups in total. The average molecular weight is 284 g/mol. The van der Waals surface area contributed by atoms with Gasteiger partial charge >= 0.3 is 0 Å². The summed E-state index contributed by atoms with van der Waals surface area (Å²) in [6, 6.07) is 5.75. The Morgan fingerprint density at radius 3 is 2.37 bits per heavy atom. The number of rotatable bonds is 10. The molecule has 0 amide bonds. The van der Waals surface area contributed by atoms with Crippen LogP contribution in [0, 0.1) is 0 Å². The molecule has 0 aliphatic carbocycles. The average Bonchev–Trinajstić information content (AvgIpc) is 2.43. The molecule has 2 nitrogen and oxygen atoms in total. The van der Waals surface area contributed by atoms with Gasteiger partial charge in [-0.05, 0) is 24.1 Å². The van der Waals surface area contributed by atoms with E-state index >= 15 is 0 Å². The summed E-state index contributed by atoms with van der Waals surface area (Å²) in [6.45, 7) is 3.50. The van der Waals surface area contributed by atoms with Gasteiger partial charge in [-0.15, -0.1) is 0 Å². The van der Waals surface area contributed by atoms with Crippen LogP contribution in [-0.4, -0.2) is 6.61 Å². The smallest absolute Gasteiger partial charge is 0.137 e. The summed E-state index contributed by atoms with van der Waals surface area (Å²) < 4.78 is 5.69. The standard InChI is InChI=1S/C16H26ClNO/c1-2-3-4-5-6-7-8-11-19-16-10-9-14(13-18)12-15(16)17/h9-10,12H,2-8,11,13,18H2,1H3. The maximum absolute atomic E-state index is 6.12. The SMILES string of the molecule is CCCCCCCCCOc1ccc(CN)cc1Cl. The van der Waals surface area contributed by atoms with Crippen molar-refractivity contribution in [2.45, 2.75) is 58.4 Å². The van der Waals surface area contributed by atoms with Crippen LogP contribution in [0.15, 0.2) is 18.2 Å². The lowest BCUT2D eigenvalue weighted by Gasteiger charge is -2.09. The molecule has 0 aromatic heterocycles. The second-order valence-electron chi connectivity index (χ2n) is 4.94. The number of unbranched alkanes of at least 4 members (excludes halogenated alkanes) is 6. The second-order valence-corrected chi connectivity index (χ2v) is 5.35. The van der Waals surface area contributed by atoms with E-state index in [0.717, 1.165) is 24.3 Å². The summed E-state index contributed by atoms with van der Waals surface area (Å²) >= 11 is 6.12. The van der Waals surface area contributed by atoms with Crippen molar-refractivity contribution in [3.8, 4) is 5.75 Å². The van der Waals surface area contributed by atoms with E-state index < -0.39 is 0 Å². The Kier molecular flexibility index (Phi) is 8.68. The fourth-order valence-electron chi connectivity index (χ4n) is 2.03. The molecule has 0 spiro atoms. The monoisotopic (exact) mass is 283 g/mol. The highest BCUT2D eigenvalue weighted by molar-refractivity contribution is 6.32. The van der Waals surface area contributed by atoms with Gasteiger partial charge in [0.05, 0.1) is 11.6 Å². The Balaban J connectivity index is 2.12. The van der Waals surface area contributed by atoms with Gasteiger partial charge in [-0.3, -0.25) is 0 Å². The van der Waals surface area contributed by atoms with Gasteiger partial charge in [0, 0.05) is 6.54 Å². The first kappa shape index (κ1) is 16.3. The highest BCUT2D eigenvalue weighted by atomic mass is 35.5. The van der Waals surface area contributed by atoms with Crippen molar-refractivity contribution in [2.75, 3.05) is 6.61 Å².